The summed E-state index contributed by atoms with van der Waals surface area (Å²) in [5.41, 5.74) is 0. The number of fused-ring (bicyclic) bond motifs is 1. The molecule has 0 spiro atoms. The Labute approximate surface area is 71.8 Å². The van der Waals surface area contributed by atoms with Crippen LogP contribution in [0.15, 0.2) is 0 Å². The van der Waals surface area contributed by atoms with Crippen molar-refractivity contribution in [3.63, 3.8) is 0 Å². The fourth-order valence-electron chi connectivity index (χ4n) is 1.80. The number of hydrogen-bond donors (Lipinski definition) is 0. The van der Waals surface area contributed by atoms with E-state index in [0.29, 0.717) is 30.6 Å². The van der Waals surface area contributed by atoms with Crippen LogP contribution in [0, 0.1) is 5.92 Å². The summed E-state index contributed by atoms with van der Waals surface area (Å²) in [6.45, 7) is 1.59. The highest BCUT2D eigenvalue weighted by Crippen LogP contribution is 2.43. The van der Waals surface area contributed by atoms with Gasteiger partial charge in [-0.1, -0.05) is 0 Å². The Kier molecular flexibility index (Phi) is 2.35. The molecular weight excluding hydrogens is 164 g/mol. The first-order chi connectivity index (χ1) is 5.43. The molecule has 3 atom stereocenters. The molecule has 2 aliphatic rings. The van der Waals surface area contributed by atoms with Crippen LogP contribution in [0.4, 0.5) is 0 Å². The molecule has 2 nitrogen and oxygen atoms in total. The highest BCUT2D eigenvalue weighted by Gasteiger charge is 2.53. The Hall–Kier alpha value is 0.210. The molecule has 64 valence electrons. The van der Waals surface area contributed by atoms with Crippen LogP contribution in [0.1, 0.15) is 12.8 Å². The summed E-state index contributed by atoms with van der Waals surface area (Å²) in [7, 11) is 0. The van der Waals surface area contributed by atoms with E-state index in [1.165, 1.54) is 12.8 Å². The lowest BCUT2D eigenvalue weighted by atomic mass is 10.2. The normalized spacial score (nSPS) is 41.7. The van der Waals surface area contributed by atoms with Gasteiger partial charge in [0, 0.05) is 18.4 Å². The molecule has 2 fully saturated rings. The van der Waals surface area contributed by atoms with Crippen LogP contribution < -0.4 is 0 Å². The van der Waals surface area contributed by atoms with Gasteiger partial charge < -0.3 is 9.47 Å². The largest absolute Gasteiger partial charge is 0.375 e. The molecule has 1 aliphatic carbocycles. The smallest absolute Gasteiger partial charge is 0.0894 e. The van der Waals surface area contributed by atoms with Gasteiger partial charge in [-0.15, -0.1) is 11.6 Å². The molecule has 0 aromatic rings. The van der Waals surface area contributed by atoms with Crippen LogP contribution >= 0.6 is 11.6 Å². The Bertz CT molecular complexity index is 128. The zero-order chi connectivity index (χ0) is 7.68. The predicted molar refractivity (Wildman–Crippen MR) is 42.9 cm³/mol. The van der Waals surface area contributed by atoms with E-state index in [9.17, 15) is 0 Å². The Balaban J connectivity index is 1.72. The molecule has 11 heavy (non-hydrogen) atoms. The Morgan fingerprint density at radius 1 is 1.55 bits per heavy atom. The maximum absolute atomic E-state index is 5.50. The average Bonchev–Trinajstić information content (AvgIpc) is 2.75. The van der Waals surface area contributed by atoms with Crippen molar-refractivity contribution in [3.05, 3.63) is 0 Å². The predicted octanol–water partition coefficient (Wildman–Crippen LogP) is 1.42. The maximum Gasteiger partial charge on any atom is 0.0894 e. The molecule has 1 saturated carbocycles. The fourth-order valence-corrected chi connectivity index (χ4v) is 1.89. The van der Waals surface area contributed by atoms with Gasteiger partial charge in [-0.25, -0.2) is 0 Å². The number of hydrogen-bond acceptors (Lipinski definition) is 2. The number of rotatable bonds is 3. The van der Waals surface area contributed by atoms with E-state index in [1.807, 2.05) is 0 Å². The van der Waals surface area contributed by atoms with Gasteiger partial charge in [-0.05, 0) is 12.8 Å². The van der Waals surface area contributed by atoms with Crippen molar-refractivity contribution in [2.75, 3.05) is 19.1 Å². The molecule has 0 amide bonds. The van der Waals surface area contributed by atoms with Crippen molar-refractivity contribution < 1.29 is 9.47 Å². The summed E-state index contributed by atoms with van der Waals surface area (Å²) in [5, 5.41) is 0. The van der Waals surface area contributed by atoms with E-state index in [4.69, 9.17) is 21.1 Å². The third kappa shape index (κ3) is 1.53. The minimum Gasteiger partial charge on any atom is -0.375 e. The quantitative estimate of drug-likeness (QED) is 0.606. The lowest BCUT2D eigenvalue weighted by Gasteiger charge is -2.06. The average molecular weight is 177 g/mol. The molecule has 2 rings (SSSR count). The van der Waals surface area contributed by atoms with Crippen LogP contribution in [-0.4, -0.2) is 31.3 Å². The third-order valence-electron chi connectivity index (χ3n) is 2.41. The summed E-state index contributed by atoms with van der Waals surface area (Å²) in [6.07, 6.45) is 3.25. The van der Waals surface area contributed by atoms with Crippen molar-refractivity contribution >= 4 is 11.6 Å². The van der Waals surface area contributed by atoms with Crippen LogP contribution in [0.2, 0.25) is 0 Å². The van der Waals surface area contributed by atoms with Gasteiger partial charge >= 0.3 is 0 Å². The van der Waals surface area contributed by atoms with E-state index in [1.54, 1.807) is 0 Å². The second kappa shape index (κ2) is 3.30. The van der Waals surface area contributed by atoms with Crippen molar-refractivity contribution in [2.24, 2.45) is 5.92 Å². The second-order valence-corrected chi connectivity index (χ2v) is 3.54. The van der Waals surface area contributed by atoms with E-state index in [2.05, 4.69) is 0 Å². The molecular formula is C8H13ClO2. The van der Waals surface area contributed by atoms with Gasteiger partial charge in [-0.2, -0.15) is 0 Å². The van der Waals surface area contributed by atoms with Crippen LogP contribution in [-0.2, 0) is 9.47 Å². The second-order valence-electron chi connectivity index (χ2n) is 3.17. The molecule has 3 heteroatoms. The van der Waals surface area contributed by atoms with E-state index in [-0.39, 0.29) is 0 Å². The Morgan fingerprint density at radius 2 is 2.45 bits per heavy atom. The lowest BCUT2D eigenvalue weighted by molar-refractivity contribution is 0.0442. The van der Waals surface area contributed by atoms with Crippen molar-refractivity contribution in [3.8, 4) is 0 Å². The third-order valence-corrected chi connectivity index (χ3v) is 2.56. The van der Waals surface area contributed by atoms with E-state index < -0.39 is 0 Å². The van der Waals surface area contributed by atoms with Crippen molar-refractivity contribution in [1.29, 1.82) is 0 Å². The highest BCUT2D eigenvalue weighted by molar-refractivity contribution is 6.17. The summed E-state index contributed by atoms with van der Waals surface area (Å²) < 4.78 is 11.0. The van der Waals surface area contributed by atoms with Gasteiger partial charge in [0.25, 0.3) is 0 Å². The summed E-state index contributed by atoms with van der Waals surface area (Å²) in [6, 6.07) is 0. The fraction of sp³-hybridized carbons (Fsp3) is 1.00. The molecule has 3 unspecified atom stereocenters. The van der Waals surface area contributed by atoms with Gasteiger partial charge in [0.1, 0.15) is 0 Å². The minimum atomic E-state index is 0.372. The summed E-state index contributed by atoms with van der Waals surface area (Å²) in [5.74, 6) is 1.28. The molecule has 0 N–H and O–H groups in total. The molecule has 0 aromatic heterocycles. The van der Waals surface area contributed by atoms with Crippen LogP contribution in [0.3, 0.4) is 0 Å². The number of ether oxygens (including phenoxy) is 2. The van der Waals surface area contributed by atoms with Crippen LogP contribution in [0.25, 0.3) is 0 Å². The first-order valence-corrected chi connectivity index (χ1v) is 4.76. The summed E-state index contributed by atoms with van der Waals surface area (Å²) >= 11 is 5.50. The van der Waals surface area contributed by atoms with Crippen LogP contribution in [0.5, 0.6) is 0 Å². The van der Waals surface area contributed by atoms with Gasteiger partial charge in [0.15, 0.2) is 0 Å². The zero-order valence-corrected chi connectivity index (χ0v) is 7.22. The Morgan fingerprint density at radius 3 is 3.09 bits per heavy atom. The monoisotopic (exact) mass is 176 g/mol. The first-order valence-electron chi connectivity index (χ1n) is 4.22. The minimum absolute atomic E-state index is 0.372. The van der Waals surface area contributed by atoms with E-state index in [0.717, 1.165) is 6.61 Å². The highest BCUT2D eigenvalue weighted by atomic mass is 35.5. The summed E-state index contributed by atoms with van der Waals surface area (Å²) in [4.78, 5) is 0. The zero-order valence-electron chi connectivity index (χ0n) is 6.46. The molecule has 0 aromatic carbocycles. The SMILES string of the molecule is ClCCOC1C2CCCOC21. The molecule has 1 heterocycles. The van der Waals surface area contributed by atoms with Crippen molar-refractivity contribution in [2.45, 2.75) is 25.0 Å². The topological polar surface area (TPSA) is 18.5 Å². The van der Waals surface area contributed by atoms with Crippen molar-refractivity contribution in [1.82, 2.24) is 0 Å². The van der Waals surface area contributed by atoms with E-state index >= 15 is 0 Å². The number of halogens is 1. The maximum atomic E-state index is 5.50. The molecule has 0 bridgehead atoms. The van der Waals surface area contributed by atoms with Gasteiger partial charge in [-0.3, -0.25) is 0 Å². The molecule has 1 aliphatic heterocycles. The molecule has 1 saturated heterocycles. The first kappa shape index (κ1) is 7.84. The van der Waals surface area contributed by atoms with Gasteiger partial charge in [0.2, 0.25) is 0 Å². The van der Waals surface area contributed by atoms with Gasteiger partial charge in [0.05, 0.1) is 18.8 Å². The standard InChI is InChI=1S/C8H13ClO2/c9-3-5-11-8-6-2-1-4-10-7(6)8/h6-8H,1-5H2. The lowest BCUT2D eigenvalue weighted by Crippen LogP contribution is -2.07. The molecule has 0 radical (unpaired) electrons. The number of alkyl halides is 1.